The molecule has 0 aromatic heterocycles. The Morgan fingerprint density at radius 2 is 1.14 bits per heavy atom. The molecule has 3 aromatic rings. The monoisotopic (exact) mass is 1100 g/mol. The highest BCUT2D eigenvalue weighted by molar-refractivity contribution is 6.02. The van der Waals surface area contributed by atoms with E-state index in [9.17, 15) is 43.5 Å². The number of likely N-dealkylation sites (tertiary alicyclic amines) is 2. The van der Waals surface area contributed by atoms with Crippen molar-refractivity contribution in [3.8, 4) is 0 Å². The molecule has 19 heteroatoms. The van der Waals surface area contributed by atoms with Crippen LogP contribution in [-0.4, -0.2) is 132 Å². The molecule has 422 valence electrons. The molecule has 3 aromatic carbocycles. The number of fused-ring (bicyclic) bond motifs is 1. The van der Waals surface area contributed by atoms with Crippen molar-refractivity contribution in [2.45, 2.75) is 149 Å². The second-order valence-electron chi connectivity index (χ2n) is 23.0. The van der Waals surface area contributed by atoms with Crippen molar-refractivity contribution in [2.24, 2.45) is 22.7 Å². The van der Waals surface area contributed by atoms with Crippen molar-refractivity contribution in [3.05, 3.63) is 107 Å². The van der Waals surface area contributed by atoms with E-state index in [1.165, 1.54) is 22.4 Å². The number of benzene rings is 3. The number of hydrogen-bond acceptors (Lipinski definition) is 11. The molecule has 77 heavy (non-hydrogen) atoms. The molecule has 2 heterocycles. The number of Topliss-reactive ketones (excluding diaryl/α,β-unsaturated/α-hetero) is 2. The van der Waals surface area contributed by atoms with E-state index in [1.54, 1.807) is 59.0 Å². The van der Waals surface area contributed by atoms with Gasteiger partial charge in [-0.3, -0.25) is 38.4 Å². The summed E-state index contributed by atoms with van der Waals surface area (Å²) >= 11 is 0. The van der Waals surface area contributed by atoms with Crippen LogP contribution in [0.1, 0.15) is 143 Å². The van der Waals surface area contributed by atoms with E-state index in [0.29, 0.717) is 0 Å². The molecule has 0 spiro atoms. The van der Waals surface area contributed by atoms with E-state index in [2.05, 4.69) is 38.0 Å². The lowest BCUT2D eigenvalue weighted by molar-refractivity contribution is -0.144. The van der Waals surface area contributed by atoms with Crippen molar-refractivity contribution < 1.29 is 43.5 Å². The minimum absolute atomic E-state index is 0. The van der Waals surface area contributed by atoms with Gasteiger partial charge in [0.1, 0.15) is 30.2 Å². The summed E-state index contributed by atoms with van der Waals surface area (Å²) in [6, 6.07) is 17.8. The van der Waals surface area contributed by atoms with Gasteiger partial charge in [-0.05, 0) is 105 Å². The number of nitrogens with zero attached hydrogens (tertiary/aromatic N) is 2. The molecule has 7 N–H and O–H groups in total. The summed E-state index contributed by atoms with van der Waals surface area (Å²) in [5, 5.41) is 27.5. The number of aryl methyl sites for hydroxylation is 1. The average molecular weight is 1110 g/mol. The Kier molecular flexibility index (Phi) is 23.0. The molecule has 1 aliphatic carbocycles. The lowest BCUT2D eigenvalue weighted by atomic mass is 9.85. The molecule has 2 saturated heterocycles. The Labute approximate surface area is 466 Å². The predicted molar refractivity (Wildman–Crippen MR) is 301 cm³/mol. The van der Waals surface area contributed by atoms with Crippen molar-refractivity contribution in [1.82, 2.24) is 41.7 Å². The highest BCUT2D eigenvalue weighted by atomic mass is 35.5. The van der Waals surface area contributed by atoms with Crippen LogP contribution in [0, 0.1) is 22.7 Å². The van der Waals surface area contributed by atoms with E-state index < -0.39 is 95.2 Å². The van der Waals surface area contributed by atoms with Gasteiger partial charge < -0.3 is 46.8 Å². The summed E-state index contributed by atoms with van der Waals surface area (Å²) in [6.07, 6.45) is 2.86. The highest BCUT2D eigenvalue weighted by Gasteiger charge is 2.48. The maximum absolute atomic E-state index is 14.7. The number of ketones is 2. The van der Waals surface area contributed by atoms with E-state index in [4.69, 9.17) is 0 Å². The molecule has 6 rings (SSSR count). The van der Waals surface area contributed by atoms with Crippen LogP contribution in [0.25, 0.3) is 0 Å². The number of hydrogen-bond donors (Lipinski definition) is 7. The smallest absolute Gasteiger partial charge is 0.246 e. The first-order valence-corrected chi connectivity index (χ1v) is 26.5. The number of aliphatic hydroxyl groups is 1. The highest BCUT2D eigenvalue weighted by Crippen LogP contribution is 2.35. The van der Waals surface area contributed by atoms with Gasteiger partial charge in [-0.1, -0.05) is 114 Å². The Balaban J connectivity index is 0.00000640. The number of carbonyl (C=O) groups excluding carboxylic acids is 8. The number of likely N-dealkylation sites (N-methyl/N-ethyl adjacent to an activating group) is 2. The van der Waals surface area contributed by atoms with E-state index in [-0.39, 0.29) is 104 Å². The van der Waals surface area contributed by atoms with Gasteiger partial charge in [0.25, 0.3) is 0 Å². The summed E-state index contributed by atoms with van der Waals surface area (Å²) in [5.74, 6) is -4.01. The molecule has 2 fully saturated rings. The van der Waals surface area contributed by atoms with Gasteiger partial charge in [0, 0.05) is 37.1 Å². The second kappa shape index (κ2) is 27.7. The molecular formula is C58H82Cl2N8O9. The first-order chi connectivity index (χ1) is 35.4. The SMILES string of the molecule is CN[C@@H](C)C(=O)N[C@H](C(=O)N1C[C@@H](CC(=O)c2cccc(C(=O)C[C@H]3C[C@@H](C(=O)N[C@H](C)c4ccccc4)N(C(=O)[C@@H](NC(=O)[C@H](CO)NC)C(C)(C)C)C3)c2)C[C@H]1C(=O)N[C@@H]1CCCc2ccccc21)C(C)(C)C.Cl.Cl. The maximum Gasteiger partial charge on any atom is 0.246 e. The van der Waals surface area contributed by atoms with Crippen LogP contribution >= 0.6 is 24.8 Å². The Bertz CT molecular complexity index is 2570. The molecule has 0 unspecified atom stereocenters. The van der Waals surface area contributed by atoms with Crippen molar-refractivity contribution in [1.29, 1.82) is 0 Å². The number of rotatable bonds is 20. The first-order valence-electron chi connectivity index (χ1n) is 26.5. The minimum Gasteiger partial charge on any atom is -0.394 e. The lowest BCUT2D eigenvalue weighted by Crippen LogP contribution is -2.60. The van der Waals surface area contributed by atoms with Crippen LogP contribution in [0.3, 0.4) is 0 Å². The van der Waals surface area contributed by atoms with Crippen molar-refractivity contribution >= 4 is 71.8 Å². The number of amides is 6. The van der Waals surface area contributed by atoms with Gasteiger partial charge in [0.05, 0.1) is 24.7 Å². The van der Waals surface area contributed by atoms with Gasteiger partial charge in [-0.2, -0.15) is 0 Å². The summed E-state index contributed by atoms with van der Waals surface area (Å²) in [4.78, 5) is 116. The van der Waals surface area contributed by atoms with E-state index in [0.717, 1.165) is 30.4 Å². The normalized spacial score (nSPS) is 21.1. The lowest BCUT2D eigenvalue weighted by Gasteiger charge is -2.36. The first kappa shape index (κ1) is 63.8. The number of aliphatic hydroxyl groups excluding tert-OH is 1. The summed E-state index contributed by atoms with van der Waals surface area (Å²) in [5.41, 5.74) is 2.11. The average Bonchev–Trinajstić information content (AvgIpc) is 4.01. The minimum atomic E-state index is -1.08. The van der Waals surface area contributed by atoms with Crippen LogP contribution in [0.4, 0.5) is 0 Å². The Morgan fingerprint density at radius 3 is 1.65 bits per heavy atom. The molecular weight excluding hydrogens is 1020 g/mol. The predicted octanol–water partition coefficient (Wildman–Crippen LogP) is 5.43. The van der Waals surface area contributed by atoms with E-state index in [1.807, 2.05) is 76.2 Å². The molecule has 0 saturated carbocycles. The zero-order chi connectivity index (χ0) is 54.9. The van der Waals surface area contributed by atoms with Gasteiger partial charge >= 0.3 is 0 Å². The van der Waals surface area contributed by atoms with Crippen LogP contribution < -0.4 is 31.9 Å². The maximum atomic E-state index is 14.7. The third-order valence-electron chi connectivity index (χ3n) is 15.2. The van der Waals surface area contributed by atoms with Crippen LogP contribution in [0.15, 0.2) is 78.9 Å². The summed E-state index contributed by atoms with van der Waals surface area (Å²) in [7, 11) is 3.18. The molecule has 0 radical (unpaired) electrons. The molecule has 2 aliphatic heterocycles. The Hall–Kier alpha value is -5.72. The summed E-state index contributed by atoms with van der Waals surface area (Å²) < 4.78 is 0. The number of nitrogens with one attached hydrogen (secondary N) is 6. The fourth-order valence-electron chi connectivity index (χ4n) is 10.6. The van der Waals surface area contributed by atoms with Gasteiger partial charge in [-0.15, -0.1) is 24.8 Å². The van der Waals surface area contributed by atoms with Crippen molar-refractivity contribution in [2.75, 3.05) is 33.8 Å². The molecule has 3 aliphatic rings. The second-order valence-corrected chi connectivity index (χ2v) is 23.0. The largest absolute Gasteiger partial charge is 0.394 e. The topological polar surface area (TPSA) is 235 Å². The fraction of sp³-hybridized carbons (Fsp3) is 0.552. The molecule has 17 nitrogen and oxygen atoms in total. The third kappa shape index (κ3) is 16.0. The van der Waals surface area contributed by atoms with Crippen LogP contribution in [0.2, 0.25) is 0 Å². The standard InChI is InChI=1S/C58H80N8O9.2ClH/c1-34(38-18-12-11-13-19-38)61-53(72)45-26-36(31-65(45)56(75)50(58(6,7)8)64-52(71)44(33-67)60-10)28-47(68)40-22-16-23-41(30-40)48(69)29-37-27-46(54(73)62-43-25-17-21-39-20-14-15-24-42(39)43)66(32-37)55(74)49(57(3,4)5)63-51(70)35(2)59-9;;/h11-16,18-20,22-24,30,34-37,43-46,49-50,59-60,67H,17,21,25-29,31-33H2,1-10H3,(H,61,72)(H,62,73)(H,63,70)(H,64,71);2*1H/t34-,35+,36-,37-,43-,44+,45+,46+,49-,50-;;/m1../s1. The van der Waals surface area contributed by atoms with Gasteiger partial charge in [-0.25, -0.2) is 0 Å². The fourth-order valence-corrected chi connectivity index (χ4v) is 10.6. The van der Waals surface area contributed by atoms with Crippen LogP contribution in [0.5, 0.6) is 0 Å². The third-order valence-corrected chi connectivity index (χ3v) is 15.2. The molecule has 10 atom stereocenters. The van der Waals surface area contributed by atoms with Crippen LogP contribution in [-0.2, 0) is 35.2 Å². The van der Waals surface area contributed by atoms with Gasteiger partial charge in [0.15, 0.2) is 11.6 Å². The Morgan fingerprint density at radius 1 is 0.636 bits per heavy atom. The molecule has 6 amide bonds. The van der Waals surface area contributed by atoms with Gasteiger partial charge in [0.2, 0.25) is 35.4 Å². The summed E-state index contributed by atoms with van der Waals surface area (Å²) in [6.45, 7) is 14.2. The van der Waals surface area contributed by atoms with Crippen molar-refractivity contribution in [3.63, 3.8) is 0 Å². The molecule has 0 bridgehead atoms. The zero-order valence-corrected chi connectivity index (χ0v) is 47.9. The quantitative estimate of drug-likeness (QED) is 0.0705. The number of carbonyl (C=O) groups is 8. The number of halogens is 2. The zero-order valence-electron chi connectivity index (χ0n) is 46.3. The van der Waals surface area contributed by atoms with E-state index >= 15 is 0 Å².